The lowest BCUT2D eigenvalue weighted by Crippen LogP contribution is -2.43. The first-order chi connectivity index (χ1) is 11.7. The topological polar surface area (TPSA) is 64.1 Å². The predicted octanol–water partition coefficient (Wildman–Crippen LogP) is 1.81. The van der Waals surface area contributed by atoms with Gasteiger partial charge in [-0.1, -0.05) is 13.0 Å². The Morgan fingerprint density at radius 1 is 1.25 bits per heavy atom. The van der Waals surface area contributed by atoms with Crippen LogP contribution >= 0.6 is 0 Å². The number of methoxy groups -OCH3 is 1. The van der Waals surface area contributed by atoms with Crippen molar-refractivity contribution in [2.24, 2.45) is 4.99 Å². The molecule has 1 aromatic carbocycles. The standard InChI is InChI=1S/C17H28FN3O3/c1-4-15(24-16-7-5-6-14(18)12-16)13-21-17(19-2)20-8-9-23-11-10-22-3/h5-7,12,15H,4,8-11,13H2,1-3H3,(H2,19,20,21). The summed E-state index contributed by atoms with van der Waals surface area (Å²) in [7, 11) is 3.35. The van der Waals surface area contributed by atoms with E-state index in [0.29, 0.717) is 44.6 Å². The van der Waals surface area contributed by atoms with Crippen molar-refractivity contribution in [2.75, 3.05) is 47.1 Å². The van der Waals surface area contributed by atoms with E-state index in [1.54, 1.807) is 26.3 Å². The Bertz CT molecular complexity index is 486. The number of nitrogens with zero attached hydrogens (tertiary/aromatic N) is 1. The zero-order valence-corrected chi connectivity index (χ0v) is 14.7. The maximum absolute atomic E-state index is 13.2. The molecule has 0 amide bonds. The zero-order chi connectivity index (χ0) is 17.6. The van der Waals surface area contributed by atoms with Gasteiger partial charge in [-0.15, -0.1) is 0 Å². The summed E-state index contributed by atoms with van der Waals surface area (Å²) in [4.78, 5) is 4.15. The van der Waals surface area contributed by atoms with Gasteiger partial charge in [-0.2, -0.15) is 0 Å². The maximum Gasteiger partial charge on any atom is 0.191 e. The van der Waals surface area contributed by atoms with E-state index in [2.05, 4.69) is 15.6 Å². The van der Waals surface area contributed by atoms with Crippen molar-refractivity contribution in [3.8, 4) is 5.75 Å². The van der Waals surface area contributed by atoms with E-state index in [1.165, 1.54) is 12.1 Å². The highest BCUT2D eigenvalue weighted by atomic mass is 19.1. The summed E-state index contributed by atoms with van der Waals surface area (Å²) in [5.74, 6) is 0.894. The highest BCUT2D eigenvalue weighted by Gasteiger charge is 2.09. The lowest BCUT2D eigenvalue weighted by Gasteiger charge is -2.20. The van der Waals surface area contributed by atoms with Gasteiger partial charge in [0.1, 0.15) is 17.7 Å². The SMILES string of the molecule is CCC(CNC(=NC)NCCOCCOC)Oc1cccc(F)c1. The molecule has 6 nitrogen and oxygen atoms in total. The van der Waals surface area contributed by atoms with E-state index in [9.17, 15) is 4.39 Å². The van der Waals surface area contributed by atoms with Gasteiger partial charge in [0.05, 0.1) is 26.4 Å². The molecule has 0 radical (unpaired) electrons. The van der Waals surface area contributed by atoms with Crippen molar-refractivity contribution in [2.45, 2.75) is 19.4 Å². The first-order valence-corrected chi connectivity index (χ1v) is 8.13. The van der Waals surface area contributed by atoms with Crippen molar-refractivity contribution < 1.29 is 18.6 Å². The fourth-order valence-corrected chi connectivity index (χ4v) is 1.92. The Morgan fingerprint density at radius 2 is 2.08 bits per heavy atom. The number of rotatable bonds is 11. The monoisotopic (exact) mass is 341 g/mol. The average Bonchev–Trinajstić information content (AvgIpc) is 2.59. The molecule has 136 valence electrons. The summed E-state index contributed by atoms with van der Waals surface area (Å²) in [6.45, 7) is 4.96. The van der Waals surface area contributed by atoms with Crippen LogP contribution in [0.1, 0.15) is 13.3 Å². The lowest BCUT2D eigenvalue weighted by molar-refractivity contribution is 0.0733. The number of nitrogens with one attached hydrogen (secondary N) is 2. The molecule has 0 aliphatic rings. The van der Waals surface area contributed by atoms with E-state index in [0.717, 1.165) is 6.42 Å². The molecule has 7 heteroatoms. The molecule has 0 spiro atoms. The Morgan fingerprint density at radius 3 is 2.75 bits per heavy atom. The van der Waals surface area contributed by atoms with Gasteiger partial charge in [0.25, 0.3) is 0 Å². The summed E-state index contributed by atoms with van der Waals surface area (Å²) in [5, 5.41) is 6.35. The number of guanidine groups is 1. The zero-order valence-electron chi connectivity index (χ0n) is 14.7. The van der Waals surface area contributed by atoms with E-state index in [4.69, 9.17) is 14.2 Å². The number of ether oxygens (including phenoxy) is 3. The molecular weight excluding hydrogens is 313 g/mol. The molecule has 0 aliphatic carbocycles. The Balaban J connectivity index is 2.29. The molecule has 1 aromatic rings. The third-order valence-electron chi connectivity index (χ3n) is 3.25. The van der Waals surface area contributed by atoms with Gasteiger partial charge in [-0.3, -0.25) is 4.99 Å². The van der Waals surface area contributed by atoms with Gasteiger partial charge in [-0.25, -0.2) is 4.39 Å². The molecule has 0 saturated carbocycles. The van der Waals surface area contributed by atoms with E-state index in [-0.39, 0.29) is 11.9 Å². The average molecular weight is 341 g/mol. The van der Waals surface area contributed by atoms with Crippen molar-refractivity contribution in [1.82, 2.24) is 10.6 Å². The number of hydrogen-bond acceptors (Lipinski definition) is 4. The Kier molecular flexibility index (Phi) is 10.6. The highest BCUT2D eigenvalue weighted by Crippen LogP contribution is 2.14. The first kappa shape index (κ1) is 20.2. The predicted molar refractivity (Wildman–Crippen MR) is 93.2 cm³/mol. The van der Waals surface area contributed by atoms with Crippen LogP contribution in [0.5, 0.6) is 5.75 Å². The van der Waals surface area contributed by atoms with Gasteiger partial charge in [0.15, 0.2) is 5.96 Å². The minimum Gasteiger partial charge on any atom is -0.489 e. The van der Waals surface area contributed by atoms with E-state index in [1.807, 2.05) is 6.92 Å². The second-order valence-corrected chi connectivity index (χ2v) is 5.09. The van der Waals surface area contributed by atoms with Gasteiger partial charge in [0.2, 0.25) is 0 Å². The molecule has 0 fully saturated rings. The van der Waals surface area contributed by atoms with E-state index >= 15 is 0 Å². The molecule has 0 bridgehead atoms. The van der Waals surface area contributed by atoms with Crippen LogP contribution in [0.25, 0.3) is 0 Å². The number of halogens is 1. The molecule has 0 heterocycles. The Hall–Kier alpha value is -1.86. The maximum atomic E-state index is 13.2. The number of hydrogen-bond donors (Lipinski definition) is 2. The van der Waals surface area contributed by atoms with Crippen LogP contribution < -0.4 is 15.4 Å². The van der Waals surface area contributed by atoms with Crippen LogP contribution in [0.15, 0.2) is 29.3 Å². The lowest BCUT2D eigenvalue weighted by atomic mass is 10.2. The third-order valence-corrected chi connectivity index (χ3v) is 3.25. The molecule has 1 rings (SSSR count). The van der Waals surface area contributed by atoms with Crippen LogP contribution in [-0.2, 0) is 9.47 Å². The van der Waals surface area contributed by atoms with Crippen molar-refractivity contribution >= 4 is 5.96 Å². The van der Waals surface area contributed by atoms with E-state index < -0.39 is 0 Å². The smallest absolute Gasteiger partial charge is 0.191 e. The molecule has 0 aromatic heterocycles. The summed E-state index contributed by atoms with van der Waals surface area (Å²) in [5.41, 5.74) is 0. The quantitative estimate of drug-likeness (QED) is 0.365. The molecular formula is C17H28FN3O3. The Labute approximate surface area is 143 Å². The second-order valence-electron chi connectivity index (χ2n) is 5.09. The van der Waals surface area contributed by atoms with Gasteiger partial charge >= 0.3 is 0 Å². The minimum absolute atomic E-state index is 0.0803. The third kappa shape index (κ3) is 8.69. The molecule has 2 N–H and O–H groups in total. The van der Waals surface area contributed by atoms with Crippen LogP contribution in [0.2, 0.25) is 0 Å². The normalized spacial score (nSPS) is 12.8. The largest absolute Gasteiger partial charge is 0.489 e. The van der Waals surface area contributed by atoms with Crippen molar-refractivity contribution in [1.29, 1.82) is 0 Å². The van der Waals surface area contributed by atoms with Crippen LogP contribution in [0.4, 0.5) is 4.39 Å². The highest BCUT2D eigenvalue weighted by molar-refractivity contribution is 5.79. The molecule has 24 heavy (non-hydrogen) atoms. The van der Waals surface area contributed by atoms with Crippen LogP contribution in [0.3, 0.4) is 0 Å². The second kappa shape index (κ2) is 12.5. The van der Waals surface area contributed by atoms with Gasteiger partial charge in [0, 0.05) is 26.8 Å². The molecule has 1 unspecified atom stereocenters. The van der Waals surface area contributed by atoms with Crippen LogP contribution in [-0.4, -0.2) is 59.1 Å². The fourth-order valence-electron chi connectivity index (χ4n) is 1.92. The van der Waals surface area contributed by atoms with Crippen molar-refractivity contribution in [3.05, 3.63) is 30.1 Å². The summed E-state index contributed by atoms with van der Waals surface area (Å²) >= 11 is 0. The van der Waals surface area contributed by atoms with Crippen LogP contribution in [0, 0.1) is 5.82 Å². The molecule has 1 atom stereocenters. The molecule has 0 saturated heterocycles. The van der Waals surface area contributed by atoms with Gasteiger partial charge < -0.3 is 24.8 Å². The first-order valence-electron chi connectivity index (χ1n) is 8.13. The summed E-state index contributed by atoms with van der Waals surface area (Å²) in [6.07, 6.45) is 0.712. The summed E-state index contributed by atoms with van der Waals surface area (Å²) in [6, 6.07) is 6.16. The number of aliphatic imine (C=N–C) groups is 1. The summed E-state index contributed by atoms with van der Waals surface area (Å²) < 4.78 is 29.3. The molecule has 0 aliphatic heterocycles. The number of benzene rings is 1. The minimum atomic E-state index is -0.304. The van der Waals surface area contributed by atoms with Crippen molar-refractivity contribution in [3.63, 3.8) is 0 Å². The fraction of sp³-hybridized carbons (Fsp3) is 0.588. The van der Waals surface area contributed by atoms with Gasteiger partial charge in [-0.05, 0) is 18.6 Å².